The summed E-state index contributed by atoms with van der Waals surface area (Å²) in [5.74, 6) is -0.160. The number of hydrogen-bond donors (Lipinski definition) is 1. The van der Waals surface area contributed by atoms with Gasteiger partial charge >= 0.3 is 5.97 Å². The summed E-state index contributed by atoms with van der Waals surface area (Å²) < 4.78 is 6.20. The lowest BCUT2D eigenvalue weighted by atomic mass is 9.95. The molecule has 5 heteroatoms. The van der Waals surface area contributed by atoms with E-state index in [-0.39, 0.29) is 24.7 Å². The van der Waals surface area contributed by atoms with Gasteiger partial charge in [-0.05, 0) is 50.9 Å². The third-order valence-electron chi connectivity index (χ3n) is 6.19. The molecule has 2 fully saturated rings. The summed E-state index contributed by atoms with van der Waals surface area (Å²) in [6.07, 6.45) is 25.5. The fraction of sp³-hybridized carbons (Fsp3) is 0.708. The topological polar surface area (TPSA) is 65.0 Å². The first-order valence-electron chi connectivity index (χ1n) is 11.4. The molecule has 0 amide bonds. The lowest BCUT2D eigenvalue weighted by Crippen LogP contribution is -2.37. The molecule has 0 saturated carbocycles. The highest BCUT2D eigenvalue weighted by Crippen LogP contribution is 2.32. The fourth-order valence-electron chi connectivity index (χ4n) is 4.50. The Balaban J connectivity index is 1.22. The Morgan fingerprint density at radius 2 is 1.59 bits per heavy atom. The molecule has 5 atom stereocenters. The van der Waals surface area contributed by atoms with Crippen molar-refractivity contribution in [1.82, 2.24) is 0 Å². The Labute approximate surface area is 174 Å². The van der Waals surface area contributed by atoms with Crippen LogP contribution in [-0.2, 0) is 19.3 Å². The molecule has 0 aromatic carbocycles. The van der Waals surface area contributed by atoms with Crippen molar-refractivity contribution in [2.45, 2.75) is 101 Å². The third kappa shape index (κ3) is 8.07. The van der Waals surface area contributed by atoms with E-state index in [1.165, 1.54) is 32.1 Å². The Hall–Kier alpha value is -1.43. The predicted octanol–water partition coefficient (Wildman–Crippen LogP) is 5.52. The molecule has 2 aliphatic heterocycles. The van der Waals surface area contributed by atoms with Crippen molar-refractivity contribution in [3.63, 3.8) is 0 Å². The Morgan fingerprint density at radius 1 is 0.828 bits per heavy atom. The summed E-state index contributed by atoms with van der Waals surface area (Å²) in [4.78, 5) is 21.5. The normalized spacial score (nSPS) is 35.5. The lowest BCUT2D eigenvalue weighted by molar-refractivity contribution is -0.385. The number of carboxylic acid groups (broad SMARTS) is 1. The van der Waals surface area contributed by atoms with Crippen LogP contribution in [0.4, 0.5) is 0 Å². The number of aliphatic carboxylic acids is 1. The van der Waals surface area contributed by atoms with Gasteiger partial charge in [0.25, 0.3) is 0 Å². The molecule has 3 aliphatic rings. The van der Waals surface area contributed by atoms with Gasteiger partial charge in [0.15, 0.2) is 0 Å². The van der Waals surface area contributed by atoms with Crippen LogP contribution in [0.5, 0.6) is 0 Å². The quantitative estimate of drug-likeness (QED) is 0.384. The number of rotatable bonds is 10. The third-order valence-corrected chi connectivity index (χ3v) is 6.19. The monoisotopic (exact) mass is 404 g/mol. The molecule has 0 aromatic heterocycles. The van der Waals surface area contributed by atoms with Crippen molar-refractivity contribution in [2.75, 3.05) is 0 Å². The highest BCUT2D eigenvalue weighted by atomic mass is 17.2. The molecular weight excluding hydrogens is 368 g/mol. The molecule has 2 heterocycles. The first kappa shape index (κ1) is 22.3. The number of allylic oxidation sites excluding steroid dienone is 6. The molecule has 0 bridgehead atoms. The van der Waals surface area contributed by atoms with Crippen LogP contribution in [0, 0.1) is 5.92 Å². The van der Waals surface area contributed by atoms with Crippen LogP contribution >= 0.6 is 0 Å². The second-order valence-corrected chi connectivity index (χ2v) is 8.59. The Morgan fingerprint density at radius 3 is 2.38 bits per heavy atom. The minimum atomic E-state index is -0.843. The molecule has 2 saturated heterocycles. The number of carbonyl (C=O) groups is 1. The molecule has 3 rings (SSSR count). The lowest BCUT2D eigenvalue weighted by Gasteiger charge is -2.30. The van der Waals surface area contributed by atoms with Gasteiger partial charge in [0.05, 0.1) is 18.6 Å². The second-order valence-electron chi connectivity index (χ2n) is 8.59. The average Bonchev–Trinajstić information content (AvgIpc) is 3.15. The molecular formula is C24H36O5. The summed E-state index contributed by atoms with van der Waals surface area (Å²) >= 11 is 0. The number of unbranched alkanes of at least 4 members (excludes halogenated alkanes) is 3. The summed E-state index contributed by atoms with van der Waals surface area (Å²) in [6, 6.07) is 0. The van der Waals surface area contributed by atoms with Gasteiger partial charge in [-0.15, -0.1) is 0 Å². The number of carboxylic acids is 1. The van der Waals surface area contributed by atoms with E-state index < -0.39 is 5.97 Å². The first-order chi connectivity index (χ1) is 14.2. The molecule has 1 unspecified atom stereocenters. The average molecular weight is 405 g/mol. The molecule has 5 nitrogen and oxygen atoms in total. The van der Waals surface area contributed by atoms with Gasteiger partial charge in [-0.25, -0.2) is 9.78 Å². The Kier molecular flexibility index (Phi) is 9.45. The predicted molar refractivity (Wildman–Crippen MR) is 112 cm³/mol. The van der Waals surface area contributed by atoms with Crippen molar-refractivity contribution in [3.05, 3.63) is 36.5 Å². The van der Waals surface area contributed by atoms with E-state index in [0.717, 1.165) is 38.5 Å². The molecule has 29 heavy (non-hydrogen) atoms. The largest absolute Gasteiger partial charge is 0.481 e. The van der Waals surface area contributed by atoms with E-state index in [1.807, 2.05) is 0 Å². The molecule has 0 spiro atoms. The van der Waals surface area contributed by atoms with Crippen LogP contribution in [0.15, 0.2) is 36.5 Å². The fourth-order valence-corrected chi connectivity index (χ4v) is 4.50. The molecule has 1 N–H and O–H groups in total. The SMILES string of the molecule is O=C(O)C[C@@H]1CC[C@@H]([C@H]2CC[C@H](CCCCCCC3\C=C/C=C\C=C/C3)O2)OO1. The van der Waals surface area contributed by atoms with Crippen molar-refractivity contribution < 1.29 is 24.4 Å². The maximum Gasteiger partial charge on any atom is 0.306 e. The van der Waals surface area contributed by atoms with E-state index in [4.69, 9.17) is 19.6 Å². The standard InChI is InChI=1S/C24H36O5/c25-24(26)18-21-15-17-23(29-28-21)22-16-14-20(27-22)13-9-5-4-8-12-19-10-6-2-1-3-7-11-19/h1-3,6-7,10,19-23H,4-5,8-9,11-18H2,(H,25,26)/b2-1-,7-3-,10-6-/t19?,20-,21-,22+,23-/m0/s1. The smallest absolute Gasteiger partial charge is 0.306 e. The maximum absolute atomic E-state index is 10.8. The zero-order valence-electron chi connectivity index (χ0n) is 17.4. The van der Waals surface area contributed by atoms with Crippen LogP contribution in [0.1, 0.15) is 77.0 Å². The minimum Gasteiger partial charge on any atom is -0.481 e. The summed E-state index contributed by atoms with van der Waals surface area (Å²) in [6.45, 7) is 0. The number of ether oxygens (including phenoxy) is 1. The summed E-state index contributed by atoms with van der Waals surface area (Å²) in [5.41, 5.74) is 0. The van der Waals surface area contributed by atoms with Gasteiger partial charge in [-0.1, -0.05) is 62.1 Å². The van der Waals surface area contributed by atoms with Gasteiger partial charge in [-0.2, -0.15) is 0 Å². The van der Waals surface area contributed by atoms with Crippen LogP contribution in [0.3, 0.4) is 0 Å². The first-order valence-corrected chi connectivity index (χ1v) is 11.4. The van der Waals surface area contributed by atoms with E-state index >= 15 is 0 Å². The summed E-state index contributed by atoms with van der Waals surface area (Å²) in [5, 5.41) is 8.83. The molecule has 1 aliphatic carbocycles. The van der Waals surface area contributed by atoms with Gasteiger partial charge in [0.1, 0.15) is 12.2 Å². The van der Waals surface area contributed by atoms with Crippen molar-refractivity contribution >= 4 is 5.97 Å². The van der Waals surface area contributed by atoms with Gasteiger partial charge in [-0.3, -0.25) is 4.79 Å². The summed E-state index contributed by atoms with van der Waals surface area (Å²) in [7, 11) is 0. The van der Waals surface area contributed by atoms with Crippen molar-refractivity contribution in [2.24, 2.45) is 5.92 Å². The number of hydrogen-bond acceptors (Lipinski definition) is 4. The van der Waals surface area contributed by atoms with E-state index in [2.05, 4.69) is 36.5 Å². The van der Waals surface area contributed by atoms with Crippen LogP contribution in [0.2, 0.25) is 0 Å². The zero-order valence-corrected chi connectivity index (χ0v) is 17.4. The van der Waals surface area contributed by atoms with Crippen LogP contribution in [0.25, 0.3) is 0 Å². The van der Waals surface area contributed by atoms with Gasteiger partial charge in [0, 0.05) is 0 Å². The highest BCUT2D eigenvalue weighted by molar-refractivity contribution is 5.67. The van der Waals surface area contributed by atoms with E-state index in [9.17, 15) is 4.79 Å². The van der Waals surface area contributed by atoms with Crippen LogP contribution < -0.4 is 0 Å². The van der Waals surface area contributed by atoms with Gasteiger partial charge < -0.3 is 9.84 Å². The molecule has 162 valence electrons. The van der Waals surface area contributed by atoms with Crippen molar-refractivity contribution in [3.8, 4) is 0 Å². The zero-order chi connectivity index (χ0) is 20.3. The minimum absolute atomic E-state index is 0.00561. The molecule has 0 radical (unpaired) electrons. The highest BCUT2D eigenvalue weighted by Gasteiger charge is 2.36. The van der Waals surface area contributed by atoms with Crippen molar-refractivity contribution in [1.29, 1.82) is 0 Å². The van der Waals surface area contributed by atoms with E-state index in [0.29, 0.717) is 12.0 Å². The maximum atomic E-state index is 10.8. The Bertz CT molecular complexity index is 574. The second kappa shape index (κ2) is 12.3. The van der Waals surface area contributed by atoms with Crippen LogP contribution in [-0.4, -0.2) is 35.5 Å². The van der Waals surface area contributed by atoms with Gasteiger partial charge in [0.2, 0.25) is 0 Å². The van der Waals surface area contributed by atoms with E-state index in [1.54, 1.807) is 0 Å². The molecule has 0 aromatic rings.